The van der Waals surface area contributed by atoms with E-state index >= 15 is 0 Å². The molecule has 0 N–H and O–H groups in total. The molecule has 0 radical (unpaired) electrons. The van der Waals surface area contributed by atoms with Crippen molar-refractivity contribution in [2.75, 3.05) is 14.2 Å². The minimum absolute atomic E-state index is 0.105. The van der Waals surface area contributed by atoms with Crippen LogP contribution in [0.3, 0.4) is 0 Å². The van der Waals surface area contributed by atoms with Crippen molar-refractivity contribution in [1.82, 2.24) is 9.80 Å². The molecule has 3 aliphatic rings. The lowest BCUT2D eigenvalue weighted by molar-refractivity contribution is -0.0500. The minimum atomic E-state index is -5.95. The first-order chi connectivity index (χ1) is 41.6. The van der Waals surface area contributed by atoms with E-state index in [1.54, 1.807) is 20.3 Å². The molecule has 0 amide bonds. The Morgan fingerprint density at radius 1 is 0.465 bits per heavy atom. The minimum Gasteiger partial charge on any atom is -0.497 e. The highest BCUT2D eigenvalue weighted by atomic mass is 32.2. The third-order valence-corrected chi connectivity index (χ3v) is 18.7. The monoisotopic (exact) mass is 1170 g/mol. The third-order valence-electron chi connectivity index (χ3n) is 17.7. The van der Waals surface area contributed by atoms with Crippen molar-refractivity contribution < 1.29 is 35.2 Å². The number of nitrogens with zero attached hydrogens (tertiary/aromatic N) is 2. The number of hydrogen-bond donors (Lipinski definition) is 0. The number of hydrogen-bond acceptors (Lipinski definition) is 7. The van der Waals surface area contributed by atoms with E-state index in [0.717, 1.165) is 57.5 Å². The number of halogens is 3. The number of alkyl halides is 3. The molecule has 0 saturated carbocycles. The zero-order chi connectivity index (χ0) is 59.9. The predicted molar refractivity (Wildman–Crippen MR) is 339 cm³/mol. The number of rotatable bonds is 13. The van der Waals surface area contributed by atoms with E-state index in [9.17, 15) is 21.6 Å². The summed E-state index contributed by atoms with van der Waals surface area (Å²) in [6.07, 6.45) is 7.39. The molecule has 0 spiro atoms. The molecule has 2 aliphatic heterocycles. The summed E-state index contributed by atoms with van der Waals surface area (Å²) in [5.74, 6) is 1.27. The predicted octanol–water partition coefficient (Wildman–Crippen LogP) is 18.5. The van der Waals surface area contributed by atoms with E-state index in [1.165, 1.54) is 86.2 Å². The second-order valence-electron chi connectivity index (χ2n) is 22.9. The Morgan fingerprint density at radius 2 is 0.872 bits per heavy atom. The highest BCUT2D eigenvalue weighted by Gasteiger charge is 2.50. The van der Waals surface area contributed by atoms with Gasteiger partial charge in [-0.05, 0) is 189 Å². The standard InChI is InChI=1S/C40H39NO.C35H30F3NO4S/c1-27-19-20-30-22-24-35(29-13-7-4-8-14-29)38-37(30)36(27)39(31-15-9-5-10-16-31)41(40(38)32-17-11-6-12-18-32)26-33-21-23-34(42-3)25-28(33)2;1-22-14-15-24-17-19-29(43-44(40,41)35(36,37)38)32-31(24)30(22)33(25-10-6-4-7-11-25)39(34(32)26-12-8-5-9-13-26)21-27-16-18-28(42-3)20-23(27)2/h5-6,9-13,15-25,39-40H,4,7-8,14,26H2,1-3H3;4-20,33-34H,21H2,1-3H3/t39-,40+;33-,34+/m11/s1. The average molecular weight is 1170 g/mol. The molecule has 2 heterocycles. The summed E-state index contributed by atoms with van der Waals surface area (Å²) >= 11 is 0. The SMILES string of the molecule is COc1ccc(CN2[C@H](c3ccccc3)c3c(C)ccc4ccc(C5=CCCCC5)c(c34)[C@@H]2c2ccccc2)c(C)c1.COc1ccc(CN2[C@H](c3ccccc3)c3c(C)ccc4ccc(OS(=O)(=O)C(F)(F)F)c(c34)[C@@H]2c2ccccc2)c(C)c1. The molecule has 1 aliphatic carbocycles. The van der Waals surface area contributed by atoms with E-state index in [0.29, 0.717) is 23.2 Å². The maximum absolute atomic E-state index is 13.7. The molecule has 10 aromatic carbocycles. The molecule has 0 fully saturated rings. The molecule has 0 aromatic heterocycles. The summed E-state index contributed by atoms with van der Waals surface area (Å²) in [5.41, 5.74) is 12.9. The van der Waals surface area contributed by atoms with Crippen LogP contribution in [0.4, 0.5) is 13.2 Å². The fourth-order valence-electron chi connectivity index (χ4n) is 13.6. The second-order valence-corrected chi connectivity index (χ2v) is 24.5. The molecule has 13 rings (SSSR count). The fourth-order valence-corrected chi connectivity index (χ4v) is 14.1. The van der Waals surface area contributed by atoms with Gasteiger partial charge in [-0.15, -0.1) is 0 Å². The van der Waals surface area contributed by atoms with Gasteiger partial charge in [0.2, 0.25) is 0 Å². The molecule has 86 heavy (non-hydrogen) atoms. The van der Waals surface area contributed by atoms with Crippen LogP contribution in [0, 0.1) is 27.7 Å². The number of aryl methyl sites for hydroxylation is 4. The van der Waals surface area contributed by atoms with Gasteiger partial charge in [-0.2, -0.15) is 21.6 Å². The Bertz CT molecular complexity index is 4270. The molecule has 7 nitrogen and oxygen atoms in total. The topological polar surface area (TPSA) is 68.3 Å². The largest absolute Gasteiger partial charge is 0.534 e. The maximum Gasteiger partial charge on any atom is 0.534 e. The lowest BCUT2D eigenvalue weighted by atomic mass is 9.75. The Kier molecular flexibility index (Phi) is 16.2. The molecule has 11 heteroatoms. The fraction of sp³-hybridized carbons (Fsp3) is 0.227. The van der Waals surface area contributed by atoms with Crippen molar-refractivity contribution >= 4 is 37.2 Å². The van der Waals surface area contributed by atoms with Crippen LogP contribution in [0.1, 0.15) is 133 Å². The Balaban J connectivity index is 0.000000168. The molecular formula is C75H69F3N2O5S. The number of benzene rings is 10. The van der Waals surface area contributed by atoms with Crippen LogP contribution in [0.2, 0.25) is 0 Å². The zero-order valence-corrected chi connectivity index (χ0v) is 50.1. The lowest BCUT2D eigenvalue weighted by Gasteiger charge is -2.46. The van der Waals surface area contributed by atoms with E-state index in [1.807, 2.05) is 105 Å². The summed E-state index contributed by atoms with van der Waals surface area (Å²) in [5, 5.41) is 4.25. The number of allylic oxidation sites excluding steroid dienone is 2. The Labute approximate surface area is 503 Å². The first kappa shape index (κ1) is 57.9. The van der Waals surface area contributed by atoms with Crippen LogP contribution in [0.25, 0.3) is 27.1 Å². The highest BCUT2D eigenvalue weighted by Crippen LogP contribution is 2.55. The Morgan fingerprint density at radius 3 is 1.28 bits per heavy atom. The van der Waals surface area contributed by atoms with Crippen LogP contribution >= 0.6 is 0 Å². The van der Waals surface area contributed by atoms with Crippen molar-refractivity contribution in [2.45, 2.75) is 96.1 Å². The van der Waals surface area contributed by atoms with Gasteiger partial charge in [-0.3, -0.25) is 9.80 Å². The summed E-state index contributed by atoms with van der Waals surface area (Å²) in [6.45, 7) is 9.70. The molecule has 436 valence electrons. The van der Waals surface area contributed by atoms with E-state index in [2.05, 4.69) is 133 Å². The van der Waals surface area contributed by atoms with E-state index in [-0.39, 0.29) is 23.9 Å². The molecule has 0 unspecified atom stereocenters. The van der Waals surface area contributed by atoms with E-state index in [4.69, 9.17) is 13.7 Å². The van der Waals surface area contributed by atoms with Gasteiger partial charge in [0, 0.05) is 18.7 Å². The van der Waals surface area contributed by atoms with E-state index < -0.39 is 21.7 Å². The van der Waals surface area contributed by atoms with Crippen LogP contribution in [-0.4, -0.2) is 37.9 Å². The molecule has 0 bridgehead atoms. The third kappa shape index (κ3) is 11.0. The van der Waals surface area contributed by atoms with Crippen molar-refractivity contribution in [3.05, 3.63) is 296 Å². The molecule has 4 atom stereocenters. The number of ether oxygens (including phenoxy) is 2. The van der Waals surface area contributed by atoms with Crippen LogP contribution in [0.5, 0.6) is 17.2 Å². The van der Waals surface area contributed by atoms with Gasteiger partial charge in [0.15, 0.2) is 0 Å². The highest BCUT2D eigenvalue weighted by molar-refractivity contribution is 7.88. The summed E-state index contributed by atoms with van der Waals surface area (Å²) < 4.78 is 81.8. The maximum atomic E-state index is 13.7. The zero-order valence-electron chi connectivity index (χ0n) is 49.2. The van der Waals surface area contributed by atoms with Crippen molar-refractivity contribution in [3.63, 3.8) is 0 Å². The lowest BCUT2D eigenvalue weighted by Crippen LogP contribution is -2.38. The molecular weight excluding hydrogens is 1100 g/mol. The van der Waals surface area contributed by atoms with Gasteiger partial charge in [0.25, 0.3) is 0 Å². The Hall–Kier alpha value is -8.48. The van der Waals surface area contributed by atoms with Crippen molar-refractivity contribution in [2.24, 2.45) is 0 Å². The quantitative estimate of drug-likeness (QED) is 0.0841. The first-order valence-corrected chi connectivity index (χ1v) is 30.9. The van der Waals surface area contributed by atoms with Gasteiger partial charge < -0.3 is 13.7 Å². The summed E-state index contributed by atoms with van der Waals surface area (Å²) in [6, 6.07) is 69.6. The smallest absolute Gasteiger partial charge is 0.497 e. The van der Waals surface area contributed by atoms with Crippen molar-refractivity contribution in [3.8, 4) is 17.2 Å². The first-order valence-electron chi connectivity index (χ1n) is 29.4. The van der Waals surface area contributed by atoms with Crippen LogP contribution in [-0.2, 0) is 23.2 Å². The van der Waals surface area contributed by atoms with Crippen LogP contribution < -0.4 is 13.7 Å². The average Bonchev–Trinajstić information content (AvgIpc) is 0.865. The van der Waals surface area contributed by atoms with Gasteiger partial charge in [-0.1, -0.05) is 182 Å². The van der Waals surface area contributed by atoms with Gasteiger partial charge >= 0.3 is 15.6 Å². The normalized spacial score (nSPS) is 17.8. The van der Waals surface area contributed by atoms with Crippen molar-refractivity contribution in [1.29, 1.82) is 0 Å². The molecule has 0 saturated heterocycles. The van der Waals surface area contributed by atoms with Crippen LogP contribution in [0.15, 0.2) is 212 Å². The second kappa shape index (κ2) is 24.1. The van der Waals surface area contributed by atoms with Gasteiger partial charge in [0.05, 0.1) is 38.4 Å². The summed E-state index contributed by atoms with van der Waals surface area (Å²) in [7, 11) is -2.59. The summed E-state index contributed by atoms with van der Waals surface area (Å²) in [4.78, 5) is 4.99. The number of methoxy groups -OCH3 is 2. The van der Waals surface area contributed by atoms with Gasteiger partial charge in [0.1, 0.15) is 17.2 Å². The molecule has 10 aromatic rings. The van der Waals surface area contributed by atoms with Gasteiger partial charge in [-0.25, -0.2) is 0 Å².